The Kier molecular flexibility index (Phi) is 7.60. The van der Waals surface area contributed by atoms with Crippen LogP contribution in [0.4, 0.5) is 10.7 Å². The van der Waals surface area contributed by atoms with Crippen LogP contribution in [0.1, 0.15) is 53.1 Å². The number of anilines is 2. The van der Waals surface area contributed by atoms with E-state index in [1.165, 1.54) is 22.5 Å². The molecule has 6 heteroatoms. The standard InChI is InChI=1S/C24H26N2O2S2/c1-4-28-23(27)20-15-18(14-17-10-6-5-7-11-17)30-22(20)26-24(29)25-21-13-9-8-12-19(21)16(2)3/h5-13,15-16H,4,14H2,1-3H3,(H2,25,26,29). The van der Waals surface area contributed by atoms with E-state index in [4.69, 9.17) is 17.0 Å². The summed E-state index contributed by atoms with van der Waals surface area (Å²) in [5.41, 5.74) is 3.84. The van der Waals surface area contributed by atoms with E-state index in [0.29, 0.717) is 28.2 Å². The van der Waals surface area contributed by atoms with E-state index in [2.05, 4.69) is 42.7 Å². The molecular formula is C24H26N2O2S2. The van der Waals surface area contributed by atoms with Gasteiger partial charge in [-0.25, -0.2) is 4.79 Å². The Labute approximate surface area is 187 Å². The van der Waals surface area contributed by atoms with Crippen LogP contribution in [0.25, 0.3) is 0 Å². The minimum atomic E-state index is -0.346. The number of nitrogens with one attached hydrogen (secondary N) is 2. The number of carbonyl (C=O) groups is 1. The molecule has 4 nitrogen and oxygen atoms in total. The number of ether oxygens (including phenoxy) is 1. The van der Waals surface area contributed by atoms with Crippen molar-refractivity contribution in [1.29, 1.82) is 0 Å². The minimum Gasteiger partial charge on any atom is -0.462 e. The molecule has 0 fully saturated rings. The van der Waals surface area contributed by atoms with Gasteiger partial charge in [0.15, 0.2) is 5.11 Å². The molecule has 0 aliphatic carbocycles. The zero-order chi connectivity index (χ0) is 21.5. The Morgan fingerprint density at radius 2 is 1.77 bits per heavy atom. The summed E-state index contributed by atoms with van der Waals surface area (Å²) in [6, 6.07) is 20.1. The molecule has 0 amide bonds. The lowest BCUT2D eigenvalue weighted by Gasteiger charge is -2.16. The van der Waals surface area contributed by atoms with Crippen molar-refractivity contribution in [3.63, 3.8) is 0 Å². The van der Waals surface area contributed by atoms with Crippen molar-refractivity contribution in [3.8, 4) is 0 Å². The van der Waals surface area contributed by atoms with E-state index in [1.807, 2.05) is 42.5 Å². The number of rotatable bonds is 7. The molecule has 0 aliphatic rings. The van der Waals surface area contributed by atoms with Crippen molar-refractivity contribution in [3.05, 3.63) is 82.2 Å². The SMILES string of the molecule is CCOC(=O)c1cc(Cc2ccccc2)sc1NC(=S)Nc1ccccc1C(C)C. The van der Waals surface area contributed by atoms with E-state index in [1.54, 1.807) is 6.92 Å². The van der Waals surface area contributed by atoms with Gasteiger partial charge < -0.3 is 15.4 Å². The van der Waals surface area contributed by atoms with Gasteiger partial charge in [-0.05, 0) is 48.3 Å². The van der Waals surface area contributed by atoms with Crippen LogP contribution in [0.3, 0.4) is 0 Å². The molecule has 0 saturated heterocycles. The molecule has 0 radical (unpaired) electrons. The van der Waals surface area contributed by atoms with Crippen LogP contribution in [-0.2, 0) is 11.2 Å². The molecule has 156 valence electrons. The number of benzene rings is 2. The average molecular weight is 439 g/mol. The van der Waals surface area contributed by atoms with Crippen molar-refractivity contribution in [1.82, 2.24) is 0 Å². The summed E-state index contributed by atoms with van der Waals surface area (Å²) in [7, 11) is 0. The van der Waals surface area contributed by atoms with Gasteiger partial charge >= 0.3 is 5.97 Å². The predicted octanol–water partition coefficient (Wildman–Crippen LogP) is 6.45. The van der Waals surface area contributed by atoms with Gasteiger partial charge in [0, 0.05) is 17.0 Å². The lowest BCUT2D eigenvalue weighted by Crippen LogP contribution is -2.21. The van der Waals surface area contributed by atoms with Gasteiger partial charge in [0.25, 0.3) is 0 Å². The molecule has 0 saturated carbocycles. The molecule has 30 heavy (non-hydrogen) atoms. The van der Waals surface area contributed by atoms with Crippen LogP contribution in [0, 0.1) is 0 Å². The zero-order valence-corrected chi connectivity index (χ0v) is 19.0. The van der Waals surface area contributed by atoms with Crippen LogP contribution >= 0.6 is 23.6 Å². The molecule has 0 atom stereocenters. The second-order valence-electron chi connectivity index (χ2n) is 7.16. The zero-order valence-electron chi connectivity index (χ0n) is 17.4. The third-order valence-corrected chi connectivity index (χ3v) is 5.81. The maximum atomic E-state index is 12.5. The number of para-hydroxylation sites is 1. The Balaban J connectivity index is 1.81. The summed E-state index contributed by atoms with van der Waals surface area (Å²) in [5, 5.41) is 7.62. The molecule has 3 aromatic rings. The largest absolute Gasteiger partial charge is 0.462 e. The lowest BCUT2D eigenvalue weighted by molar-refractivity contribution is 0.0528. The summed E-state index contributed by atoms with van der Waals surface area (Å²) >= 11 is 7.06. The maximum absolute atomic E-state index is 12.5. The molecule has 0 spiro atoms. The van der Waals surface area contributed by atoms with E-state index in [-0.39, 0.29) is 5.97 Å². The number of carbonyl (C=O) groups excluding carboxylic acids is 1. The molecule has 0 aliphatic heterocycles. The summed E-state index contributed by atoms with van der Waals surface area (Å²) in [5.74, 6) is 0.0201. The topological polar surface area (TPSA) is 50.4 Å². The van der Waals surface area contributed by atoms with Crippen LogP contribution in [-0.4, -0.2) is 17.7 Å². The van der Waals surface area contributed by atoms with Crippen molar-refractivity contribution >= 4 is 45.3 Å². The van der Waals surface area contributed by atoms with Crippen molar-refractivity contribution in [2.45, 2.75) is 33.1 Å². The molecular weight excluding hydrogens is 412 g/mol. The van der Waals surface area contributed by atoms with Gasteiger partial charge in [-0.1, -0.05) is 62.4 Å². The first-order chi connectivity index (χ1) is 14.5. The number of hydrogen-bond donors (Lipinski definition) is 2. The lowest BCUT2D eigenvalue weighted by atomic mass is 10.0. The van der Waals surface area contributed by atoms with Gasteiger partial charge in [-0.2, -0.15) is 0 Å². The first-order valence-corrected chi connectivity index (χ1v) is 11.2. The molecule has 1 heterocycles. The van der Waals surface area contributed by atoms with Crippen molar-refractivity contribution in [2.75, 3.05) is 17.2 Å². The molecule has 0 unspecified atom stereocenters. The highest BCUT2D eigenvalue weighted by molar-refractivity contribution is 7.80. The molecule has 2 N–H and O–H groups in total. The predicted molar refractivity (Wildman–Crippen MR) is 130 cm³/mol. The van der Waals surface area contributed by atoms with E-state index >= 15 is 0 Å². The third kappa shape index (κ3) is 5.68. The number of esters is 1. The molecule has 0 bridgehead atoms. The van der Waals surface area contributed by atoms with Gasteiger partial charge in [0.05, 0.1) is 12.2 Å². The summed E-state index contributed by atoms with van der Waals surface area (Å²) in [6.45, 7) is 6.42. The van der Waals surface area contributed by atoms with Gasteiger partial charge in [0.1, 0.15) is 5.00 Å². The third-order valence-electron chi connectivity index (χ3n) is 4.56. The highest BCUT2D eigenvalue weighted by Crippen LogP contribution is 2.31. The van der Waals surface area contributed by atoms with E-state index in [9.17, 15) is 4.79 Å². The summed E-state index contributed by atoms with van der Waals surface area (Å²) in [6.07, 6.45) is 0.746. The quantitative estimate of drug-likeness (QED) is 0.328. The smallest absolute Gasteiger partial charge is 0.341 e. The number of thiocarbonyl (C=S) groups is 1. The van der Waals surface area contributed by atoms with Crippen molar-refractivity contribution < 1.29 is 9.53 Å². The summed E-state index contributed by atoms with van der Waals surface area (Å²) < 4.78 is 5.25. The van der Waals surface area contributed by atoms with Gasteiger partial charge in [0.2, 0.25) is 0 Å². The highest BCUT2D eigenvalue weighted by atomic mass is 32.1. The van der Waals surface area contributed by atoms with E-state index in [0.717, 1.165) is 17.0 Å². The maximum Gasteiger partial charge on any atom is 0.341 e. The Morgan fingerprint density at radius 3 is 2.47 bits per heavy atom. The minimum absolute atomic E-state index is 0.326. The molecule has 2 aromatic carbocycles. The van der Waals surface area contributed by atoms with Crippen LogP contribution in [0.5, 0.6) is 0 Å². The second-order valence-corrected chi connectivity index (χ2v) is 8.70. The first-order valence-electron chi connectivity index (χ1n) is 9.98. The summed E-state index contributed by atoms with van der Waals surface area (Å²) in [4.78, 5) is 13.6. The fourth-order valence-corrected chi connectivity index (χ4v) is 4.51. The van der Waals surface area contributed by atoms with Crippen LogP contribution in [0.2, 0.25) is 0 Å². The number of thiophene rings is 1. The fraction of sp³-hybridized carbons (Fsp3) is 0.250. The van der Waals surface area contributed by atoms with Crippen LogP contribution < -0.4 is 10.6 Å². The average Bonchev–Trinajstić information content (AvgIpc) is 3.11. The Morgan fingerprint density at radius 1 is 1.07 bits per heavy atom. The Bertz CT molecular complexity index is 1010. The van der Waals surface area contributed by atoms with E-state index < -0.39 is 0 Å². The normalized spacial score (nSPS) is 10.7. The second kappa shape index (κ2) is 10.4. The van der Waals surface area contributed by atoms with Crippen molar-refractivity contribution in [2.24, 2.45) is 0 Å². The molecule has 1 aromatic heterocycles. The number of hydrogen-bond acceptors (Lipinski definition) is 4. The monoisotopic (exact) mass is 438 g/mol. The van der Waals surface area contributed by atoms with Crippen LogP contribution in [0.15, 0.2) is 60.7 Å². The van der Waals surface area contributed by atoms with Gasteiger partial charge in [-0.3, -0.25) is 0 Å². The Hall–Kier alpha value is -2.70. The molecule has 3 rings (SSSR count). The highest BCUT2D eigenvalue weighted by Gasteiger charge is 2.19. The first kappa shape index (κ1) is 22.0. The fourth-order valence-electron chi connectivity index (χ4n) is 3.15. The van der Waals surface area contributed by atoms with Gasteiger partial charge in [-0.15, -0.1) is 11.3 Å².